The number of piperidine rings is 2. The molecule has 3 rings (SSSR count). The van der Waals surface area contributed by atoms with Gasteiger partial charge in [-0.2, -0.15) is 0 Å². The van der Waals surface area contributed by atoms with E-state index in [9.17, 15) is 18.8 Å². The highest BCUT2D eigenvalue weighted by molar-refractivity contribution is 6.11. The molecule has 7 heteroatoms. The summed E-state index contributed by atoms with van der Waals surface area (Å²) in [5.74, 6) is -1.86. The SMILES string of the molecule is COC(=O)C1C(=O)C2(F)CC(C2)N1C(=O)OC(C)(C)C. The van der Waals surface area contributed by atoms with Crippen LogP contribution in [0.2, 0.25) is 0 Å². The smallest absolute Gasteiger partial charge is 0.411 e. The molecule has 2 bridgehead atoms. The molecule has 3 aliphatic rings. The van der Waals surface area contributed by atoms with Gasteiger partial charge in [-0.15, -0.1) is 0 Å². The molecule has 2 aliphatic heterocycles. The van der Waals surface area contributed by atoms with E-state index in [0.29, 0.717) is 0 Å². The summed E-state index contributed by atoms with van der Waals surface area (Å²) in [7, 11) is 1.09. The summed E-state index contributed by atoms with van der Waals surface area (Å²) in [5.41, 5.74) is -2.78. The van der Waals surface area contributed by atoms with Crippen LogP contribution in [-0.4, -0.2) is 53.2 Å². The molecule has 0 spiro atoms. The van der Waals surface area contributed by atoms with Crippen molar-refractivity contribution in [2.24, 2.45) is 0 Å². The summed E-state index contributed by atoms with van der Waals surface area (Å²) in [4.78, 5) is 36.9. The van der Waals surface area contributed by atoms with Gasteiger partial charge in [-0.25, -0.2) is 14.0 Å². The average Bonchev–Trinajstić information content (AvgIpc) is 2.27. The van der Waals surface area contributed by atoms with E-state index >= 15 is 0 Å². The summed E-state index contributed by atoms with van der Waals surface area (Å²) in [6.45, 7) is 5.01. The van der Waals surface area contributed by atoms with Crippen LogP contribution in [0, 0.1) is 0 Å². The zero-order chi connectivity index (χ0) is 15.3. The lowest BCUT2D eigenvalue weighted by molar-refractivity contribution is -0.175. The minimum absolute atomic E-state index is 0.0848. The zero-order valence-corrected chi connectivity index (χ0v) is 11.9. The van der Waals surface area contributed by atoms with Crippen molar-refractivity contribution in [2.45, 2.75) is 57.0 Å². The van der Waals surface area contributed by atoms with Crippen molar-refractivity contribution in [1.82, 2.24) is 4.90 Å². The number of methoxy groups -OCH3 is 1. The molecule has 0 radical (unpaired) electrons. The summed E-state index contributed by atoms with van der Waals surface area (Å²) in [6.07, 6.45) is -0.968. The van der Waals surface area contributed by atoms with Crippen LogP contribution in [0.5, 0.6) is 0 Å². The number of ketones is 1. The van der Waals surface area contributed by atoms with Crippen LogP contribution < -0.4 is 0 Å². The van der Waals surface area contributed by atoms with Crippen molar-refractivity contribution in [3.8, 4) is 0 Å². The number of Topliss-reactive ketones (excluding diaryl/α,β-unsaturated/α-hetero) is 1. The fourth-order valence-corrected chi connectivity index (χ4v) is 2.57. The molecule has 0 aromatic carbocycles. The zero-order valence-electron chi connectivity index (χ0n) is 11.9. The standard InChI is InChI=1S/C13H18FNO5/c1-12(2,3)20-11(18)15-7-5-13(14,6-7)9(16)8(15)10(17)19-4/h7-8H,5-6H2,1-4H3. The molecule has 1 saturated carbocycles. The number of ether oxygens (including phenoxy) is 2. The minimum atomic E-state index is -2.01. The van der Waals surface area contributed by atoms with E-state index in [2.05, 4.69) is 4.74 Å². The molecule has 1 aliphatic carbocycles. The molecule has 0 N–H and O–H groups in total. The van der Waals surface area contributed by atoms with Gasteiger partial charge in [0.1, 0.15) is 5.60 Å². The van der Waals surface area contributed by atoms with Gasteiger partial charge in [-0.1, -0.05) is 0 Å². The molecule has 1 atom stereocenters. The molecule has 1 unspecified atom stereocenters. The number of fused-ring (bicyclic) bond motifs is 2. The highest BCUT2D eigenvalue weighted by Crippen LogP contribution is 2.47. The number of rotatable bonds is 1. The Kier molecular flexibility index (Phi) is 3.26. The Bertz CT molecular complexity index is 464. The molecular formula is C13H18FNO5. The number of halogens is 1. The highest BCUT2D eigenvalue weighted by atomic mass is 19.1. The van der Waals surface area contributed by atoms with Crippen molar-refractivity contribution < 1.29 is 28.2 Å². The minimum Gasteiger partial charge on any atom is -0.467 e. The Morgan fingerprint density at radius 2 is 1.90 bits per heavy atom. The highest BCUT2D eigenvalue weighted by Gasteiger charge is 2.65. The van der Waals surface area contributed by atoms with Crippen LogP contribution >= 0.6 is 0 Å². The summed E-state index contributed by atoms with van der Waals surface area (Å²) in [5, 5.41) is 0. The predicted octanol–water partition coefficient (Wildman–Crippen LogP) is 1.22. The first-order chi connectivity index (χ1) is 9.09. The van der Waals surface area contributed by atoms with E-state index in [1.807, 2.05) is 0 Å². The molecule has 20 heavy (non-hydrogen) atoms. The second kappa shape index (κ2) is 4.43. The molecule has 2 heterocycles. The third kappa shape index (κ3) is 2.25. The number of nitrogens with zero attached hydrogens (tertiary/aromatic N) is 1. The molecule has 0 aromatic heterocycles. The summed E-state index contributed by atoms with van der Waals surface area (Å²) in [6, 6.07) is -2.05. The Balaban J connectivity index is 2.27. The lowest BCUT2D eigenvalue weighted by Crippen LogP contribution is -2.73. The van der Waals surface area contributed by atoms with Gasteiger partial charge in [0.25, 0.3) is 0 Å². The van der Waals surface area contributed by atoms with Gasteiger partial charge in [-0.05, 0) is 20.8 Å². The van der Waals surface area contributed by atoms with Crippen LogP contribution in [0.4, 0.5) is 9.18 Å². The van der Waals surface area contributed by atoms with Crippen molar-refractivity contribution in [1.29, 1.82) is 0 Å². The molecule has 6 nitrogen and oxygen atoms in total. The van der Waals surface area contributed by atoms with Crippen molar-refractivity contribution in [3.05, 3.63) is 0 Å². The number of esters is 1. The summed E-state index contributed by atoms with van der Waals surface area (Å²) >= 11 is 0. The first-order valence-corrected chi connectivity index (χ1v) is 6.41. The van der Waals surface area contributed by atoms with Crippen LogP contribution in [0.25, 0.3) is 0 Å². The van der Waals surface area contributed by atoms with Crippen LogP contribution in [0.15, 0.2) is 0 Å². The van der Waals surface area contributed by atoms with Gasteiger partial charge in [0.15, 0.2) is 11.7 Å². The van der Waals surface area contributed by atoms with Crippen LogP contribution in [0.3, 0.4) is 0 Å². The first-order valence-electron chi connectivity index (χ1n) is 6.41. The summed E-state index contributed by atoms with van der Waals surface area (Å²) < 4.78 is 23.8. The number of hydrogen-bond acceptors (Lipinski definition) is 5. The Hall–Kier alpha value is -1.66. The lowest BCUT2D eigenvalue weighted by Gasteiger charge is -2.53. The van der Waals surface area contributed by atoms with E-state index in [0.717, 1.165) is 12.0 Å². The maximum atomic E-state index is 14.1. The number of alkyl halides is 1. The maximum absolute atomic E-state index is 14.1. The van der Waals surface area contributed by atoms with E-state index in [4.69, 9.17) is 4.74 Å². The quantitative estimate of drug-likeness (QED) is 0.535. The fourth-order valence-electron chi connectivity index (χ4n) is 2.57. The van der Waals surface area contributed by atoms with Crippen LogP contribution in [0.1, 0.15) is 33.6 Å². The molecule has 112 valence electrons. The second-order valence-corrected chi connectivity index (χ2v) is 6.20. The first kappa shape index (κ1) is 14.7. The van der Waals surface area contributed by atoms with Crippen molar-refractivity contribution in [2.75, 3.05) is 7.11 Å². The van der Waals surface area contributed by atoms with E-state index in [1.54, 1.807) is 20.8 Å². The predicted molar refractivity (Wildman–Crippen MR) is 65.7 cm³/mol. The molecule has 1 amide bonds. The fraction of sp³-hybridized carbons (Fsp3) is 0.769. The largest absolute Gasteiger partial charge is 0.467 e. The Morgan fingerprint density at radius 1 is 1.35 bits per heavy atom. The molecule has 0 aromatic rings. The number of amides is 1. The monoisotopic (exact) mass is 287 g/mol. The van der Waals surface area contributed by atoms with Crippen LogP contribution in [-0.2, 0) is 19.1 Å². The Morgan fingerprint density at radius 3 is 2.35 bits per heavy atom. The van der Waals surface area contributed by atoms with Gasteiger partial charge in [0.2, 0.25) is 5.78 Å². The van der Waals surface area contributed by atoms with Gasteiger partial charge < -0.3 is 9.47 Å². The Labute approximate surface area is 116 Å². The number of hydrogen-bond donors (Lipinski definition) is 0. The van der Waals surface area contributed by atoms with Gasteiger partial charge in [0.05, 0.1) is 7.11 Å². The third-order valence-electron chi connectivity index (χ3n) is 3.51. The number of carbonyl (C=O) groups excluding carboxylic acids is 3. The number of carbonyl (C=O) groups is 3. The van der Waals surface area contributed by atoms with Gasteiger partial charge in [0, 0.05) is 18.9 Å². The van der Waals surface area contributed by atoms with E-state index in [-0.39, 0.29) is 12.8 Å². The average molecular weight is 287 g/mol. The third-order valence-corrected chi connectivity index (χ3v) is 3.51. The molecule has 3 fully saturated rings. The van der Waals surface area contributed by atoms with Gasteiger partial charge >= 0.3 is 12.1 Å². The van der Waals surface area contributed by atoms with E-state index in [1.165, 1.54) is 0 Å². The maximum Gasteiger partial charge on any atom is 0.411 e. The topological polar surface area (TPSA) is 72.9 Å². The normalized spacial score (nSPS) is 32.5. The van der Waals surface area contributed by atoms with Crippen molar-refractivity contribution >= 4 is 17.8 Å². The second-order valence-electron chi connectivity index (χ2n) is 6.20. The van der Waals surface area contributed by atoms with Crippen molar-refractivity contribution in [3.63, 3.8) is 0 Å². The van der Waals surface area contributed by atoms with Gasteiger partial charge in [-0.3, -0.25) is 9.69 Å². The molecular weight excluding hydrogens is 269 g/mol. The van der Waals surface area contributed by atoms with E-state index < -0.39 is 41.2 Å². The molecule has 2 saturated heterocycles. The lowest BCUT2D eigenvalue weighted by atomic mass is 9.67.